The predicted molar refractivity (Wildman–Crippen MR) is 99.2 cm³/mol. The van der Waals surface area contributed by atoms with Crippen molar-refractivity contribution in [3.8, 4) is 11.3 Å². The lowest BCUT2D eigenvalue weighted by atomic mass is 10.1. The minimum atomic E-state index is -0.130. The van der Waals surface area contributed by atoms with E-state index in [0.717, 1.165) is 17.0 Å². The zero-order chi connectivity index (χ0) is 17.5. The predicted octanol–water partition coefficient (Wildman–Crippen LogP) is 2.94. The SMILES string of the molecule is C[C@H](CO)Nc1nc(NCc2ccccn2)cc(-c2ccccc2)n1. The molecule has 25 heavy (non-hydrogen) atoms. The van der Waals surface area contributed by atoms with Crippen molar-refractivity contribution in [3.05, 3.63) is 66.5 Å². The van der Waals surface area contributed by atoms with E-state index in [9.17, 15) is 5.11 Å². The lowest BCUT2D eigenvalue weighted by Crippen LogP contribution is -2.21. The standard InChI is InChI=1S/C19H21N5O/c1-14(13-25)22-19-23-17(15-7-3-2-4-8-15)11-18(24-19)21-12-16-9-5-6-10-20-16/h2-11,14,25H,12-13H2,1H3,(H2,21,22,23,24)/t14-/m1/s1. The van der Waals surface area contributed by atoms with Gasteiger partial charge in [-0.15, -0.1) is 0 Å². The number of hydrogen-bond donors (Lipinski definition) is 3. The quantitative estimate of drug-likeness (QED) is 0.616. The van der Waals surface area contributed by atoms with Crippen molar-refractivity contribution in [1.29, 1.82) is 0 Å². The van der Waals surface area contributed by atoms with Gasteiger partial charge in [-0.25, -0.2) is 4.98 Å². The Morgan fingerprint density at radius 1 is 1.04 bits per heavy atom. The molecule has 6 heteroatoms. The molecule has 1 aromatic carbocycles. The lowest BCUT2D eigenvalue weighted by molar-refractivity contribution is 0.281. The van der Waals surface area contributed by atoms with E-state index < -0.39 is 0 Å². The third kappa shape index (κ3) is 4.74. The van der Waals surface area contributed by atoms with E-state index in [1.54, 1.807) is 6.20 Å². The second kappa shape index (κ2) is 8.21. The molecule has 0 radical (unpaired) electrons. The molecule has 0 aliphatic heterocycles. The third-order valence-corrected chi connectivity index (χ3v) is 3.62. The van der Waals surface area contributed by atoms with Gasteiger partial charge in [0.15, 0.2) is 0 Å². The van der Waals surface area contributed by atoms with Crippen LogP contribution in [0.2, 0.25) is 0 Å². The zero-order valence-corrected chi connectivity index (χ0v) is 14.1. The van der Waals surface area contributed by atoms with Gasteiger partial charge in [-0.3, -0.25) is 4.98 Å². The highest BCUT2D eigenvalue weighted by Gasteiger charge is 2.09. The minimum Gasteiger partial charge on any atom is -0.394 e. The van der Waals surface area contributed by atoms with E-state index in [0.29, 0.717) is 18.3 Å². The molecule has 2 heterocycles. The van der Waals surface area contributed by atoms with Gasteiger partial charge in [0.2, 0.25) is 5.95 Å². The number of aromatic nitrogens is 3. The summed E-state index contributed by atoms with van der Waals surface area (Å²) >= 11 is 0. The van der Waals surface area contributed by atoms with Gasteiger partial charge in [0.1, 0.15) is 5.82 Å². The molecule has 0 fully saturated rings. The number of anilines is 2. The molecule has 128 valence electrons. The molecule has 0 amide bonds. The summed E-state index contributed by atoms with van der Waals surface area (Å²) < 4.78 is 0. The molecular weight excluding hydrogens is 314 g/mol. The van der Waals surface area contributed by atoms with E-state index in [-0.39, 0.29) is 12.6 Å². The molecule has 0 unspecified atom stereocenters. The van der Waals surface area contributed by atoms with Crippen LogP contribution in [0.3, 0.4) is 0 Å². The van der Waals surface area contributed by atoms with Crippen molar-refractivity contribution in [2.45, 2.75) is 19.5 Å². The van der Waals surface area contributed by atoms with Crippen molar-refractivity contribution in [2.24, 2.45) is 0 Å². The Morgan fingerprint density at radius 2 is 1.84 bits per heavy atom. The molecule has 0 saturated carbocycles. The van der Waals surface area contributed by atoms with Gasteiger partial charge in [0.05, 0.1) is 24.5 Å². The first-order chi connectivity index (χ1) is 12.2. The largest absolute Gasteiger partial charge is 0.394 e. The van der Waals surface area contributed by atoms with Crippen LogP contribution in [0.25, 0.3) is 11.3 Å². The minimum absolute atomic E-state index is 0.00955. The van der Waals surface area contributed by atoms with Crippen LogP contribution in [0.15, 0.2) is 60.8 Å². The summed E-state index contributed by atoms with van der Waals surface area (Å²) in [6.45, 7) is 2.45. The fourth-order valence-corrected chi connectivity index (χ4v) is 2.31. The number of benzene rings is 1. The Bertz CT molecular complexity index is 795. The average molecular weight is 335 g/mol. The van der Waals surface area contributed by atoms with Crippen LogP contribution in [-0.2, 0) is 6.54 Å². The number of aliphatic hydroxyl groups excluding tert-OH is 1. The van der Waals surface area contributed by atoms with Crippen LogP contribution in [0, 0.1) is 0 Å². The van der Waals surface area contributed by atoms with Crippen LogP contribution in [-0.4, -0.2) is 32.7 Å². The molecule has 3 N–H and O–H groups in total. The van der Waals surface area contributed by atoms with Crippen molar-refractivity contribution in [3.63, 3.8) is 0 Å². The summed E-state index contributed by atoms with van der Waals surface area (Å²) in [5.74, 6) is 1.18. The monoisotopic (exact) mass is 335 g/mol. The second-order valence-corrected chi connectivity index (χ2v) is 5.73. The van der Waals surface area contributed by atoms with E-state index in [1.807, 2.05) is 61.5 Å². The lowest BCUT2D eigenvalue weighted by Gasteiger charge is -2.14. The topological polar surface area (TPSA) is 83.0 Å². The molecule has 6 nitrogen and oxygen atoms in total. The molecule has 0 bridgehead atoms. The Balaban J connectivity index is 1.86. The highest BCUT2D eigenvalue weighted by Crippen LogP contribution is 2.21. The first-order valence-corrected chi connectivity index (χ1v) is 8.20. The summed E-state index contributed by atoms with van der Waals surface area (Å²) in [6.07, 6.45) is 1.77. The number of pyridine rings is 1. The first-order valence-electron chi connectivity index (χ1n) is 8.20. The highest BCUT2D eigenvalue weighted by molar-refractivity contribution is 5.64. The van der Waals surface area contributed by atoms with E-state index in [2.05, 4.69) is 25.6 Å². The summed E-state index contributed by atoms with van der Waals surface area (Å²) in [5.41, 5.74) is 2.75. The molecule has 1 atom stereocenters. The third-order valence-electron chi connectivity index (χ3n) is 3.62. The number of rotatable bonds is 7. The van der Waals surface area contributed by atoms with E-state index in [1.165, 1.54) is 0 Å². The fraction of sp³-hybridized carbons (Fsp3) is 0.211. The summed E-state index contributed by atoms with van der Waals surface area (Å²) in [5, 5.41) is 15.7. The number of nitrogens with one attached hydrogen (secondary N) is 2. The van der Waals surface area contributed by atoms with Gasteiger partial charge in [0.25, 0.3) is 0 Å². The molecule has 0 aliphatic carbocycles. The number of nitrogens with zero attached hydrogens (tertiary/aromatic N) is 3. The summed E-state index contributed by atoms with van der Waals surface area (Å²) in [4.78, 5) is 13.4. The molecule has 0 spiro atoms. The van der Waals surface area contributed by atoms with Gasteiger partial charge in [-0.1, -0.05) is 36.4 Å². The van der Waals surface area contributed by atoms with Crippen LogP contribution in [0.5, 0.6) is 0 Å². The molecule has 0 aliphatic rings. The molecule has 3 rings (SSSR count). The summed E-state index contributed by atoms with van der Waals surface area (Å²) in [6, 6.07) is 17.5. The van der Waals surface area contributed by atoms with Gasteiger partial charge in [-0.05, 0) is 19.1 Å². The van der Waals surface area contributed by atoms with E-state index in [4.69, 9.17) is 0 Å². The first kappa shape index (κ1) is 16.9. The Hall–Kier alpha value is -2.99. The smallest absolute Gasteiger partial charge is 0.225 e. The van der Waals surface area contributed by atoms with E-state index >= 15 is 0 Å². The van der Waals surface area contributed by atoms with Gasteiger partial charge < -0.3 is 15.7 Å². The number of aliphatic hydroxyl groups is 1. The zero-order valence-electron chi connectivity index (χ0n) is 14.1. The Morgan fingerprint density at radius 3 is 2.56 bits per heavy atom. The molecule has 3 aromatic rings. The molecular formula is C19H21N5O. The van der Waals surface area contributed by atoms with Gasteiger partial charge in [-0.2, -0.15) is 4.98 Å². The second-order valence-electron chi connectivity index (χ2n) is 5.73. The fourth-order valence-electron chi connectivity index (χ4n) is 2.31. The normalized spacial score (nSPS) is 11.8. The summed E-state index contributed by atoms with van der Waals surface area (Å²) in [7, 11) is 0. The maximum atomic E-state index is 9.26. The van der Waals surface area contributed by atoms with Gasteiger partial charge >= 0.3 is 0 Å². The van der Waals surface area contributed by atoms with Crippen molar-refractivity contribution < 1.29 is 5.11 Å². The van der Waals surface area contributed by atoms with Crippen molar-refractivity contribution >= 4 is 11.8 Å². The Kier molecular flexibility index (Phi) is 5.53. The van der Waals surface area contributed by atoms with Crippen molar-refractivity contribution in [1.82, 2.24) is 15.0 Å². The highest BCUT2D eigenvalue weighted by atomic mass is 16.3. The van der Waals surface area contributed by atoms with Crippen LogP contribution in [0.1, 0.15) is 12.6 Å². The number of hydrogen-bond acceptors (Lipinski definition) is 6. The Labute approximate surface area is 147 Å². The van der Waals surface area contributed by atoms with Crippen LogP contribution < -0.4 is 10.6 Å². The van der Waals surface area contributed by atoms with Crippen molar-refractivity contribution in [2.75, 3.05) is 17.2 Å². The van der Waals surface area contributed by atoms with Gasteiger partial charge in [0, 0.05) is 23.9 Å². The maximum Gasteiger partial charge on any atom is 0.225 e. The van der Waals surface area contributed by atoms with Crippen LogP contribution >= 0.6 is 0 Å². The maximum absolute atomic E-state index is 9.26. The molecule has 0 saturated heterocycles. The average Bonchev–Trinajstić information content (AvgIpc) is 2.67. The molecule has 2 aromatic heterocycles. The van der Waals surface area contributed by atoms with Crippen LogP contribution in [0.4, 0.5) is 11.8 Å².